The molecule has 136 valence electrons. The highest BCUT2D eigenvalue weighted by atomic mass is 79.9. The number of benzene rings is 2. The Labute approximate surface area is 167 Å². The van der Waals surface area contributed by atoms with Gasteiger partial charge >= 0.3 is 0 Å². The van der Waals surface area contributed by atoms with E-state index in [4.69, 9.17) is 0 Å². The maximum atomic E-state index is 11.8. The number of nitrogens with zero attached hydrogens (tertiary/aromatic N) is 1. The number of halogens is 2. The van der Waals surface area contributed by atoms with Gasteiger partial charge in [0.2, 0.25) is 11.8 Å². The van der Waals surface area contributed by atoms with Gasteiger partial charge in [0, 0.05) is 33.0 Å². The van der Waals surface area contributed by atoms with E-state index >= 15 is 0 Å². The molecule has 0 aliphatic rings. The van der Waals surface area contributed by atoms with E-state index in [1.807, 2.05) is 12.1 Å². The summed E-state index contributed by atoms with van der Waals surface area (Å²) >= 11 is 6.62. The Morgan fingerprint density at radius 1 is 1.00 bits per heavy atom. The summed E-state index contributed by atoms with van der Waals surface area (Å²) in [5.74, 6) is -0.384. The molecule has 0 heterocycles. The number of hydrogen-bond donors (Lipinski definition) is 3. The molecule has 0 aliphatic carbocycles. The largest absolute Gasteiger partial charge is 0.507 e. The van der Waals surface area contributed by atoms with Gasteiger partial charge in [0.15, 0.2) is 0 Å². The minimum absolute atomic E-state index is 0.0656. The Hall–Kier alpha value is -2.19. The van der Waals surface area contributed by atoms with Crippen LogP contribution in [0.5, 0.6) is 5.75 Å². The summed E-state index contributed by atoms with van der Waals surface area (Å²) in [6, 6.07) is 12.2. The molecule has 0 bridgehead atoms. The number of hydrogen-bond acceptors (Lipinski definition) is 4. The molecule has 2 rings (SSSR count). The SMILES string of the molecule is O=C(CCCC(=O)Nc1ccc(Br)cc1)N/N=C\c1cc(Br)ccc1O. The molecular weight excluding hydrogens is 466 g/mol. The van der Waals surface area contributed by atoms with E-state index in [0.29, 0.717) is 17.7 Å². The molecule has 0 aromatic heterocycles. The summed E-state index contributed by atoms with van der Waals surface area (Å²) in [6.07, 6.45) is 2.18. The molecule has 0 radical (unpaired) electrons. The Balaban J connectivity index is 1.70. The predicted molar refractivity (Wildman–Crippen MR) is 108 cm³/mol. The van der Waals surface area contributed by atoms with Crippen LogP contribution in [0.4, 0.5) is 5.69 Å². The highest BCUT2D eigenvalue weighted by molar-refractivity contribution is 9.10. The van der Waals surface area contributed by atoms with Gasteiger partial charge in [-0.15, -0.1) is 0 Å². The van der Waals surface area contributed by atoms with Crippen molar-refractivity contribution >= 4 is 55.6 Å². The number of hydrazone groups is 1. The maximum absolute atomic E-state index is 11.8. The third-order valence-electron chi connectivity index (χ3n) is 3.32. The first-order chi connectivity index (χ1) is 12.4. The van der Waals surface area contributed by atoms with Crippen molar-refractivity contribution in [1.82, 2.24) is 5.43 Å². The van der Waals surface area contributed by atoms with E-state index in [1.54, 1.807) is 24.3 Å². The van der Waals surface area contributed by atoms with Gasteiger partial charge in [-0.2, -0.15) is 5.10 Å². The molecule has 26 heavy (non-hydrogen) atoms. The lowest BCUT2D eigenvalue weighted by Gasteiger charge is -2.05. The summed E-state index contributed by atoms with van der Waals surface area (Å²) < 4.78 is 1.73. The second-order valence-corrected chi connectivity index (χ2v) is 7.24. The Morgan fingerprint density at radius 3 is 2.38 bits per heavy atom. The molecule has 3 N–H and O–H groups in total. The third-order valence-corrected chi connectivity index (χ3v) is 4.34. The summed E-state index contributed by atoms with van der Waals surface area (Å²) in [5, 5.41) is 16.2. The van der Waals surface area contributed by atoms with Gasteiger partial charge in [-0.1, -0.05) is 31.9 Å². The number of phenols is 1. The van der Waals surface area contributed by atoms with Crippen LogP contribution >= 0.6 is 31.9 Å². The molecule has 2 aromatic carbocycles. The van der Waals surface area contributed by atoms with Crippen LogP contribution < -0.4 is 10.7 Å². The van der Waals surface area contributed by atoms with Crippen LogP contribution in [0.3, 0.4) is 0 Å². The normalized spacial score (nSPS) is 10.7. The second-order valence-electron chi connectivity index (χ2n) is 5.40. The van der Waals surface area contributed by atoms with Crippen LogP contribution in [0.2, 0.25) is 0 Å². The van der Waals surface area contributed by atoms with Gasteiger partial charge in [-0.3, -0.25) is 9.59 Å². The number of nitrogens with one attached hydrogen (secondary N) is 2. The Kier molecular flexibility index (Phi) is 7.80. The molecular formula is C18H17Br2N3O3. The Morgan fingerprint density at radius 2 is 1.65 bits per heavy atom. The Bertz CT molecular complexity index is 808. The molecule has 0 aliphatic heterocycles. The topological polar surface area (TPSA) is 90.8 Å². The van der Waals surface area contributed by atoms with Crippen LogP contribution in [0.1, 0.15) is 24.8 Å². The van der Waals surface area contributed by atoms with Gasteiger partial charge < -0.3 is 10.4 Å². The van der Waals surface area contributed by atoms with Gasteiger partial charge in [0.1, 0.15) is 5.75 Å². The number of phenolic OH excluding ortho intramolecular Hbond substituents is 1. The van der Waals surface area contributed by atoms with Crippen molar-refractivity contribution in [2.24, 2.45) is 5.10 Å². The zero-order valence-corrected chi connectivity index (χ0v) is 16.9. The number of rotatable bonds is 7. The molecule has 0 spiro atoms. The highest BCUT2D eigenvalue weighted by Crippen LogP contribution is 2.20. The summed E-state index contributed by atoms with van der Waals surface area (Å²) in [6.45, 7) is 0. The molecule has 8 heteroatoms. The number of carbonyl (C=O) groups is 2. The van der Waals surface area contributed by atoms with Crippen molar-refractivity contribution in [3.63, 3.8) is 0 Å². The molecule has 0 atom stereocenters. The average molecular weight is 483 g/mol. The van der Waals surface area contributed by atoms with E-state index in [1.165, 1.54) is 12.3 Å². The zero-order valence-electron chi connectivity index (χ0n) is 13.7. The van der Waals surface area contributed by atoms with Crippen molar-refractivity contribution in [3.05, 3.63) is 57.0 Å². The smallest absolute Gasteiger partial charge is 0.240 e. The first-order valence-electron chi connectivity index (χ1n) is 7.80. The molecule has 2 aromatic rings. The summed E-state index contributed by atoms with van der Waals surface area (Å²) in [5.41, 5.74) is 3.56. The fourth-order valence-corrected chi connectivity index (χ4v) is 2.67. The van der Waals surface area contributed by atoms with E-state index in [9.17, 15) is 14.7 Å². The van der Waals surface area contributed by atoms with Crippen molar-refractivity contribution in [2.45, 2.75) is 19.3 Å². The third kappa shape index (κ3) is 6.97. The first kappa shape index (κ1) is 20.1. The van der Waals surface area contributed by atoms with Crippen LogP contribution in [-0.4, -0.2) is 23.1 Å². The molecule has 0 fully saturated rings. The van der Waals surface area contributed by atoms with Gasteiger partial charge in [-0.05, 0) is 48.9 Å². The molecule has 0 saturated carbocycles. The summed E-state index contributed by atoms with van der Waals surface area (Å²) in [7, 11) is 0. The molecule has 0 saturated heterocycles. The van der Waals surface area contributed by atoms with E-state index < -0.39 is 0 Å². The van der Waals surface area contributed by atoms with Gasteiger partial charge in [-0.25, -0.2) is 5.43 Å². The van der Waals surface area contributed by atoms with Crippen molar-refractivity contribution < 1.29 is 14.7 Å². The summed E-state index contributed by atoms with van der Waals surface area (Å²) in [4.78, 5) is 23.6. The highest BCUT2D eigenvalue weighted by Gasteiger charge is 2.05. The van der Waals surface area contributed by atoms with Crippen LogP contribution in [0, 0.1) is 0 Å². The van der Waals surface area contributed by atoms with E-state index in [2.05, 4.69) is 47.7 Å². The lowest BCUT2D eigenvalue weighted by molar-refractivity contribution is -0.121. The van der Waals surface area contributed by atoms with Crippen LogP contribution in [0.15, 0.2) is 56.5 Å². The fourth-order valence-electron chi connectivity index (χ4n) is 2.02. The van der Waals surface area contributed by atoms with Crippen molar-refractivity contribution in [2.75, 3.05) is 5.32 Å². The number of amides is 2. The van der Waals surface area contributed by atoms with Gasteiger partial charge in [0.25, 0.3) is 0 Å². The standard InChI is InChI=1S/C18H17Br2N3O3/c19-13-4-7-15(8-5-13)22-17(25)2-1-3-18(26)23-21-11-12-10-14(20)6-9-16(12)24/h4-11,24H,1-3H2,(H,22,25)(H,23,26)/b21-11-. The molecule has 0 unspecified atom stereocenters. The predicted octanol–water partition coefficient (Wildman–Crippen LogP) is 4.18. The van der Waals surface area contributed by atoms with Gasteiger partial charge in [0.05, 0.1) is 6.21 Å². The van der Waals surface area contributed by atoms with Crippen LogP contribution in [-0.2, 0) is 9.59 Å². The van der Waals surface area contributed by atoms with E-state index in [0.717, 1.165) is 8.95 Å². The minimum Gasteiger partial charge on any atom is -0.507 e. The monoisotopic (exact) mass is 481 g/mol. The maximum Gasteiger partial charge on any atom is 0.240 e. The second kappa shape index (κ2) is 10.1. The quantitative estimate of drug-likeness (QED) is 0.408. The first-order valence-corrected chi connectivity index (χ1v) is 9.38. The average Bonchev–Trinajstić information content (AvgIpc) is 2.60. The molecule has 2 amide bonds. The van der Waals surface area contributed by atoms with Crippen molar-refractivity contribution in [1.29, 1.82) is 0 Å². The lowest BCUT2D eigenvalue weighted by atomic mass is 10.2. The van der Waals surface area contributed by atoms with Crippen molar-refractivity contribution in [3.8, 4) is 5.75 Å². The number of anilines is 1. The number of carbonyl (C=O) groups excluding carboxylic acids is 2. The minimum atomic E-state index is -0.299. The zero-order chi connectivity index (χ0) is 18.9. The molecule has 6 nitrogen and oxygen atoms in total. The fraction of sp³-hybridized carbons (Fsp3) is 0.167. The van der Waals surface area contributed by atoms with Crippen LogP contribution in [0.25, 0.3) is 0 Å². The number of aromatic hydroxyl groups is 1. The lowest BCUT2D eigenvalue weighted by Crippen LogP contribution is -2.18. The van der Waals surface area contributed by atoms with E-state index in [-0.39, 0.29) is 30.4 Å².